The number of aromatic nitrogens is 5. The molecule has 8 nitrogen and oxygen atoms in total. The smallest absolute Gasteiger partial charge is 0.320 e. The van der Waals surface area contributed by atoms with Gasteiger partial charge in [0.25, 0.3) is 0 Å². The Labute approximate surface area is 145 Å². The molecule has 130 valence electrons. The first-order valence-electron chi connectivity index (χ1n) is 8.50. The maximum Gasteiger partial charge on any atom is 0.320 e. The molecule has 1 aliphatic rings. The van der Waals surface area contributed by atoms with Crippen LogP contribution in [0.4, 0.5) is 10.6 Å². The highest BCUT2D eigenvalue weighted by Crippen LogP contribution is 2.40. The van der Waals surface area contributed by atoms with Gasteiger partial charge in [0.05, 0.1) is 17.9 Å². The van der Waals surface area contributed by atoms with Gasteiger partial charge in [-0.1, -0.05) is 0 Å². The third kappa shape index (κ3) is 3.19. The van der Waals surface area contributed by atoms with Gasteiger partial charge in [-0.2, -0.15) is 10.2 Å². The molecule has 1 fully saturated rings. The van der Waals surface area contributed by atoms with Gasteiger partial charge in [0, 0.05) is 30.6 Å². The Hall–Kier alpha value is -2.90. The average Bonchev–Trinajstić information content (AvgIpc) is 3.28. The van der Waals surface area contributed by atoms with Crippen LogP contribution < -0.4 is 10.6 Å². The Kier molecular flexibility index (Phi) is 3.87. The fourth-order valence-electron chi connectivity index (χ4n) is 3.04. The fourth-order valence-corrected chi connectivity index (χ4v) is 3.04. The van der Waals surface area contributed by atoms with Crippen molar-refractivity contribution in [1.29, 1.82) is 0 Å². The molecule has 0 aromatic carbocycles. The van der Waals surface area contributed by atoms with Gasteiger partial charge in [0.2, 0.25) is 0 Å². The Balaban J connectivity index is 1.42. The first-order chi connectivity index (χ1) is 12.1. The summed E-state index contributed by atoms with van der Waals surface area (Å²) in [4.78, 5) is 16.6. The van der Waals surface area contributed by atoms with Crippen LogP contribution in [0.25, 0.3) is 5.65 Å². The van der Waals surface area contributed by atoms with Crippen LogP contribution in [-0.4, -0.2) is 30.4 Å². The number of amides is 2. The molecule has 25 heavy (non-hydrogen) atoms. The van der Waals surface area contributed by atoms with E-state index in [1.807, 2.05) is 29.9 Å². The zero-order valence-corrected chi connectivity index (χ0v) is 14.3. The summed E-state index contributed by atoms with van der Waals surface area (Å²) >= 11 is 0. The molecule has 4 rings (SSSR count). The van der Waals surface area contributed by atoms with Crippen molar-refractivity contribution in [2.75, 3.05) is 5.32 Å². The lowest BCUT2D eigenvalue weighted by Crippen LogP contribution is -2.29. The lowest BCUT2D eigenvalue weighted by Gasteiger charge is -2.15. The van der Waals surface area contributed by atoms with Crippen molar-refractivity contribution in [3.8, 4) is 0 Å². The molecule has 1 aliphatic carbocycles. The summed E-state index contributed by atoms with van der Waals surface area (Å²) in [5.41, 5.74) is 2.51. The van der Waals surface area contributed by atoms with Crippen LogP contribution in [0.15, 0.2) is 30.7 Å². The van der Waals surface area contributed by atoms with E-state index in [0.29, 0.717) is 18.5 Å². The number of carbonyl (C=O) groups is 1. The lowest BCUT2D eigenvalue weighted by molar-refractivity contribution is 0.251. The molecule has 0 aliphatic heterocycles. The lowest BCUT2D eigenvalue weighted by atomic mass is 10.2. The first kappa shape index (κ1) is 15.6. The summed E-state index contributed by atoms with van der Waals surface area (Å²) in [7, 11) is 0. The average molecular weight is 339 g/mol. The second-order valence-corrected chi connectivity index (χ2v) is 6.56. The molecule has 1 atom stereocenters. The maximum absolute atomic E-state index is 12.3. The Morgan fingerprint density at radius 3 is 3.08 bits per heavy atom. The summed E-state index contributed by atoms with van der Waals surface area (Å²) in [5, 5.41) is 14.5. The Bertz CT molecular complexity index is 909. The van der Waals surface area contributed by atoms with Crippen LogP contribution in [0.2, 0.25) is 0 Å². The number of carbonyl (C=O) groups excluding carboxylic acids is 1. The van der Waals surface area contributed by atoms with E-state index in [0.717, 1.165) is 22.7 Å². The molecule has 2 amide bonds. The highest BCUT2D eigenvalue weighted by atomic mass is 16.2. The summed E-state index contributed by atoms with van der Waals surface area (Å²) < 4.78 is 3.61. The van der Waals surface area contributed by atoms with Crippen molar-refractivity contribution in [2.24, 2.45) is 5.92 Å². The molecule has 8 heteroatoms. The predicted molar refractivity (Wildman–Crippen MR) is 93.2 cm³/mol. The number of nitrogens with one attached hydrogen (secondary N) is 2. The quantitative estimate of drug-likeness (QED) is 0.747. The summed E-state index contributed by atoms with van der Waals surface area (Å²) in [6.45, 7) is 4.44. The summed E-state index contributed by atoms with van der Waals surface area (Å²) in [5.74, 6) is 1.39. The minimum Gasteiger partial charge on any atom is -0.334 e. The van der Waals surface area contributed by atoms with Crippen LogP contribution >= 0.6 is 0 Å². The number of fused-ring (bicyclic) bond motifs is 1. The van der Waals surface area contributed by atoms with Gasteiger partial charge in [-0.25, -0.2) is 19.0 Å². The molecular weight excluding hydrogens is 318 g/mol. The second kappa shape index (κ2) is 6.19. The standard InChI is InChI=1S/C17H21N7O/c1-11-8-15(24(22-11)12(2)13-4-5-13)21-17(25)19-9-14-10-20-23-7-3-6-18-16(14)23/h3,6-8,10,12-13H,4-5,9H2,1-2H3,(H2,19,21,25)/t12-/m1/s1. The van der Waals surface area contributed by atoms with Crippen molar-refractivity contribution < 1.29 is 4.79 Å². The zero-order chi connectivity index (χ0) is 17.4. The minimum atomic E-state index is -0.264. The SMILES string of the molecule is Cc1cc(NC(=O)NCc2cnn3cccnc23)n([C@H](C)C2CC2)n1. The van der Waals surface area contributed by atoms with E-state index in [-0.39, 0.29) is 6.03 Å². The summed E-state index contributed by atoms with van der Waals surface area (Å²) in [6.07, 6.45) is 7.71. The largest absolute Gasteiger partial charge is 0.334 e. The number of hydrogen-bond donors (Lipinski definition) is 2. The van der Waals surface area contributed by atoms with Gasteiger partial charge in [-0.3, -0.25) is 5.32 Å². The molecule has 0 spiro atoms. The summed E-state index contributed by atoms with van der Waals surface area (Å²) in [6, 6.07) is 3.75. The van der Waals surface area contributed by atoms with Gasteiger partial charge in [-0.15, -0.1) is 0 Å². The second-order valence-electron chi connectivity index (χ2n) is 6.56. The number of urea groups is 1. The number of nitrogens with zero attached hydrogens (tertiary/aromatic N) is 5. The van der Waals surface area contributed by atoms with Crippen LogP contribution in [0, 0.1) is 12.8 Å². The van der Waals surface area contributed by atoms with Gasteiger partial charge in [-0.05, 0) is 38.7 Å². The zero-order valence-electron chi connectivity index (χ0n) is 14.3. The van der Waals surface area contributed by atoms with Gasteiger partial charge >= 0.3 is 6.03 Å². The number of hydrogen-bond acceptors (Lipinski definition) is 4. The van der Waals surface area contributed by atoms with Crippen molar-refractivity contribution >= 4 is 17.5 Å². The molecule has 0 radical (unpaired) electrons. The van der Waals surface area contributed by atoms with E-state index in [2.05, 4.69) is 32.7 Å². The minimum absolute atomic E-state index is 0.264. The van der Waals surface area contributed by atoms with Crippen molar-refractivity contribution in [3.05, 3.63) is 42.0 Å². The molecule has 3 heterocycles. The maximum atomic E-state index is 12.3. The van der Waals surface area contributed by atoms with Crippen molar-refractivity contribution in [1.82, 2.24) is 29.7 Å². The van der Waals surface area contributed by atoms with Crippen LogP contribution in [0.5, 0.6) is 0 Å². The monoisotopic (exact) mass is 339 g/mol. The van der Waals surface area contributed by atoms with E-state index in [9.17, 15) is 4.79 Å². The third-order valence-electron chi connectivity index (χ3n) is 4.58. The van der Waals surface area contributed by atoms with Crippen LogP contribution in [-0.2, 0) is 6.54 Å². The molecule has 3 aromatic rings. The molecule has 2 N–H and O–H groups in total. The first-order valence-corrected chi connectivity index (χ1v) is 8.50. The normalized spacial score (nSPS) is 15.3. The molecular formula is C17H21N7O. The predicted octanol–water partition coefficient (Wildman–Crippen LogP) is 2.53. The van der Waals surface area contributed by atoms with E-state index in [4.69, 9.17) is 0 Å². The Morgan fingerprint density at radius 2 is 2.28 bits per heavy atom. The molecule has 1 saturated carbocycles. The van der Waals surface area contributed by atoms with Crippen molar-refractivity contribution in [2.45, 2.75) is 39.3 Å². The van der Waals surface area contributed by atoms with E-state index >= 15 is 0 Å². The van der Waals surface area contributed by atoms with E-state index < -0.39 is 0 Å². The molecule has 3 aromatic heterocycles. The molecule has 0 bridgehead atoms. The number of aryl methyl sites for hydroxylation is 1. The van der Waals surface area contributed by atoms with E-state index in [1.54, 1.807) is 16.9 Å². The number of anilines is 1. The number of rotatable bonds is 5. The highest BCUT2D eigenvalue weighted by molar-refractivity contribution is 5.88. The van der Waals surface area contributed by atoms with Gasteiger partial charge in [0.1, 0.15) is 5.82 Å². The topological polar surface area (TPSA) is 89.1 Å². The Morgan fingerprint density at radius 1 is 1.44 bits per heavy atom. The van der Waals surface area contributed by atoms with Gasteiger partial charge in [0.15, 0.2) is 5.65 Å². The highest BCUT2D eigenvalue weighted by Gasteiger charge is 2.31. The van der Waals surface area contributed by atoms with Crippen molar-refractivity contribution in [3.63, 3.8) is 0 Å². The third-order valence-corrected chi connectivity index (χ3v) is 4.58. The molecule has 0 saturated heterocycles. The van der Waals surface area contributed by atoms with Crippen LogP contribution in [0.1, 0.15) is 37.1 Å². The fraction of sp³-hybridized carbons (Fsp3) is 0.412. The van der Waals surface area contributed by atoms with Crippen LogP contribution in [0.3, 0.4) is 0 Å². The van der Waals surface area contributed by atoms with Gasteiger partial charge < -0.3 is 5.32 Å². The molecule has 0 unspecified atom stereocenters. The van der Waals surface area contributed by atoms with E-state index in [1.165, 1.54) is 12.8 Å².